The fraction of sp³-hybridized carbons (Fsp3) is 0.107. The van der Waals surface area contributed by atoms with Gasteiger partial charge in [-0.15, -0.1) is 0 Å². The molecule has 0 amide bonds. The third-order valence-electron chi connectivity index (χ3n) is 13.1. The second-order valence-electron chi connectivity index (χ2n) is 15.8. The third kappa shape index (κ3) is 4.95. The Bertz CT molecular complexity index is 2740. The third-order valence-corrected chi connectivity index (χ3v) is 13.1. The number of rotatable bonds is 7. The summed E-state index contributed by atoms with van der Waals surface area (Å²) in [6.45, 7) is 0. The van der Waals surface area contributed by atoms with Crippen molar-refractivity contribution in [2.24, 2.45) is 5.92 Å². The van der Waals surface area contributed by atoms with Gasteiger partial charge in [0, 0.05) is 11.4 Å². The van der Waals surface area contributed by atoms with Gasteiger partial charge in [-0.3, -0.25) is 0 Å². The van der Waals surface area contributed by atoms with Gasteiger partial charge in [0.05, 0.1) is 16.9 Å². The molecule has 0 spiro atoms. The van der Waals surface area contributed by atoms with E-state index in [1.807, 2.05) is 0 Å². The van der Waals surface area contributed by atoms with E-state index in [0.29, 0.717) is 0 Å². The first-order chi connectivity index (χ1) is 28.3. The van der Waals surface area contributed by atoms with Crippen LogP contribution >= 0.6 is 0 Å². The Labute approximate surface area is 336 Å². The summed E-state index contributed by atoms with van der Waals surface area (Å²) >= 11 is 0. The molecular weight excluding hydrogens is 687 g/mol. The summed E-state index contributed by atoms with van der Waals surface area (Å²) in [5, 5.41) is 0. The maximum atomic E-state index is 2.51. The first-order valence-electron chi connectivity index (χ1n) is 20.4. The SMILES string of the molecule is C1=CCC(C23c4ccccc4-c4cccc(c42)C(c2ccccc2)(c2ccc(N(c4ccccc4)C4C=CC(c5ccccc5)=CC4)cc2)c2ccccc23)C=C1. The van der Waals surface area contributed by atoms with Gasteiger partial charge in [0.15, 0.2) is 0 Å². The van der Waals surface area contributed by atoms with E-state index in [1.165, 1.54) is 72.6 Å². The van der Waals surface area contributed by atoms with E-state index in [1.54, 1.807) is 0 Å². The van der Waals surface area contributed by atoms with Crippen LogP contribution in [0, 0.1) is 5.92 Å². The monoisotopic (exact) mass is 729 g/mol. The van der Waals surface area contributed by atoms with E-state index in [4.69, 9.17) is 0 Å². The van der Waals surface area contributed by atoms with Gasteiger partial charge in [0.1, 0.15) is 0 Å². The van der Waals surface area contributed by atoms with Crippen LogP contribution in [0.15, 0.2) is 225 Å². The lowest BCUT2D eigenvalue weighted by Crippen LogP contribution is -2.47. The Hall–Kier alpha value is -6.70. The molecule has 0 aliphatic heterocycles. The van der Waals surface area contributed by atoms with E-state index in [-0.39, 0.29) is 17.4 Å². The normalized spacial score (nSPS) is 22.3. The molecule has 0 N–H and O–H groups in total. The predicted molar refractivity (Wildman–Crippen MR) is 237 cm³/mol. The smallest absolute Gasteiger partial charge is 0.0708 e. The Morgan fingerprint density at radius 2 is 1.07 bits per heavy atom. The minimum Gasteiger partial charge on any atom is -0.334 e. The standard InChI is InChI=1S/C56H43N/c1-5-18-40(19-6-1)41-32-36-46(37-33-41)57(45-24-11-4-12-25-45)47-38-34-44(35-39-47)55(42-20-7-2-8-21-42)51-29-15-16-30-52(51)56(43-22-9-3-10-23-43)50-28-14-13-26-48(50)49-27-17-31-53(55)54(49)56/h1-22,24-36,38-39,43,46H,23,37H2. The highest BCUT2D eigenvalue weighted by molar-refractivity contribution is 5.90. The molecule has 272 valence electrons. The van der Waals surface area contributed by atoms with Crippen molar-refractivity contribution in [2.75, 3.05) is 4.90 Å². The van der Waals surface area contributed by atoms with Crippen LogP contribution in [0.2, 0.25) is 0 Å². The largest absolute Gasteiger partial charge is 0.334 e. The summed E-state index contributed by atoms with van der Waals surface area (Å²) in [7, 11) is 0. The molecule has 4 unspecified atom stereocenters. The van der Waals surface area contributed by atoms with Crippen LogP contribution < -0.4 is 4.90 Å². The van der Waals surface area contributed by atoms with E-state index < -0.39 is 5.41 Å². The highest BCUT2D eigenvalue weighted by atomic mass is 15.2. The highest BCUT2D eigenvalue weighted by Gasteiger charge is 2.59. The van der Waals surface area contributed by atoms with Gasteiger partial charge in [-0.2, -0.15) is 0 Å². The summed E-state index contributed by atoms with van der Waals surface area (Å²) < 4.78 is 0. The number of hydrogen-bond acceptors (Lipinski definition) is 1. The van der Waals surface area contributed by atoms with Gasteiger partial charge in [0.25, 0.3) is 0 Å². The molecule has 1 heteroatoms. The van der Waals surface area contributed by atoms with Crippen molar-refractivity contribution in [1.29, 1.82) is 0 Å². The minimum absolute atomic E-state index is 0.179. The van der Waals surface area contributed by atoms with Gasteiger partial charge in [-0.25, -0.2) is 0 Å². The van der Waals surface area contributed by atoms with Gasteiger partial charge < -0.3 is 4.90 Å². The van der Waals surface area contributed by atoms with Crippen molar-refractivity contribution in [3.8, 4) is 11.1 Å². The first-order valence-corrected chi connectivity index (χ1v) is 20.4. The lowest BCUT2D eigenvalue weighted by atomic mass is 9.50. The number of allylic oxidation sites excluding steroid dienone is 6. The van der Waals surface area contributed by atoms with Crippen LogP contribution in [0.4, 0.5) is 11.4 Å². The van der Waals surface area contributed by atoms with Crippen molar-refractivity contribution in [2.45, 2.75) is 29.7 Å². The van der Waals surface area contributed by atoms with Crippen molar-refractivity contribution in [3.63, 3.8) is 0 Å². The highest BCUT2D eigenvalue weighted by Crippen LogP contribution is 2.66. The molecule has 0 fully saturated rings. The van der Waals surface area contributed by atoms with Gasteiger partial charge in [0.2, 0.25) is 0 Å². The van der Waals surface area contributed by atoms with Crippen molar-refractivity contribution in [1.82, 2.24) is 0 Å². The van der Waals surface area contributed by atoms with Crippen LogP contribution in [0.3, 0.4) is 0 Å². The zero-order valence-electron chi connectivity index (χ0n) is 31.9. The predicted octanol–water partition coefficient (Wildman–Crippen LogP) is 13.4. The second-order valence-corrected chi connectivity index (χ2v) is 15.8. The van der Waals surface area contributed by atoms with Crippen LogP contribution in [0.5, 0.6) is 0 Å². The summed E-state index contributed by atoms with van der Waals surface area (Å²) in [6, 6.07) is 68.4. The lowest BCUT2D eigenvalue weighted by molar-refractivity contribution is 0.431. The summed E-state index contributed by atoms with van der Waals surface area (Å²) in [5.74, 6) is 0.280. The van der Waals surface area contributed by atoms with Crippen LogP contribution in [-0.4, -0.2) is 6.04 Å². The lowest BCUT2D eigenvalue weighted by Gasteiger charge is -2.51. The average molecular weight is 730 g/mol. The topological polar surface area (TPSA) is 3.24 Å². The van der Waals surface area contributed by atoms with E-state index >= 15 is 0 Å². The maximum Gasteiger partial charge on any atom is 0.0708 e. The molecule has 0 radical (unpaired) electrons. The molecule has 7 aromatic carbocycles. The van der Waals surface area contributed by atoms with Crippen molar-refractivity contribution >= 4 is 16.9 Å². The van der Waals surface area contributed by atoms with Gasteiger partial charge in [-0.05, 0) is 104 Å². The molecule has 0 saturated carbocycles. The fourth-order valence-electron chi connectivity index (χ4n) is 10.9. The number of fused-ring (bicyclic) bond motifs is 5. The molecule has 4 aliphatic carbocycles. The van der Waals surface area contributed by atoms with Gasteiger partial charge >= 0.3 is 0 Å². The first kappa shape index (κ1) is 33.6. The zero-order chi connectivity index (χ0) is 37.8. The van der Waals surface area contributed by atoms with Gasteiger partial charge in [-0.1, -0.05) is 200 Å². The molecule has 7 aromatic rings. The van der Waals surface area contributed by atoms with E-state index in [2.05, 4.69) is 229 Å². The number of anilines is 2. The zero-order valence-corrected chi connectivity index (χ0v) is 31.9. The fourth-order valence-corrected chi connectivity index (χ4v) is 10.9. The molecule has 4 aliphatic rings. The molecule has 0 heterocycles. The maximum absolute atomic E-state index is 2.51. The molecule has 11 rings (SSSR count). The number of para-hydroxylation sites is 1. The van der Waals surface area contributed by atoms with Crippen molar-refractivity contribution in [3.05, 3.63) is 269 Å². The average Bonchev–Trinajstić information content (AvgIpc) is 3.61. The Morgan fingerprint density at radius 1 is 0.456 bits per heavy atom. The molecule has 0 saturated heterocycles. The summed E-state index contributed by atoms with van der Waals surface area (Å²) in [6.07, 6.45) is 18.3. The molecule has 1 nitrogen and oxygen atoms in total. The van der Waals surface area contributed by atoms with Crippen molar-refractivity contribution < 1.29 is 0 Å². The Morgan fingerprint density at radius 3 is 1.79 bits per heavy atom. The molecule has 0 aromatic heterocycles. The molecule has 57 heavy (non-hydrogen) atoms. The quantitative estimate of drug-likeness (QED) is 0.158. The van der Waals surface area contributed by atoms with E-state index in [9.17, 15) is 0 Å². The minimum atomic E-state index is -0.545. The molecule has 0 bridgehead atoms. The Balaban J connectivity index is 1.12. The number of benzene rings is 7. The summed E-state index contributed by atoms with van der Waals surface area (Å²) in [5.41, 5.74) is 16.4. The summed E-state index contributed by atoms with van der Waals surface area (Å²) in [4.78, 5) is 2.51. The van der Waals surface area contributed by atoms with E-state index in [0.717, 1.165) is 12.8 Å². The number of nitrogens with zero attached hydrogens (tertiary/aromatic N) is 1. The number of hydrogen-bond donors (Lipinski definition) is 0. The molecular formula is C56H43N. The van der Waals surface area contributed by atoms with Crippen LogP contribution in [-0.2, 0) is 10.8 Å². The molecule has 4 atom stereocenters. The van der Waals surface area contributed by atoms with Crippen LogP contribution in [0.25, 0.3) is 16.7 Å². The van der Waals surface area contributed by atoms with Crippen LogP contribution in [0.1, 0.15) is 57.3 Å². The Kier molecular flexibility index (Phi) is 7.96. The second kappa shape index (κ2) is 13.5.